The van der Waals surface area contributed by atoms with Crippen LogP contribution in [0.1, 0.15) is 25.7 Å². The number of aliphatic hydroxyl groups excluding tert-OH is 1. The summed E-state index contributed by atoms with van der Waals surface area (Å²) >= 11 is 0. The summed E-state index contributed by atoms with van der Waals surface area (Å²) in [7, 11) is 0. The van der Waals surface area contributed by atoms with Gasteiger partial charge in [0.05, 0.1) is 19.1 Å². The lowest BCUT2D eigenvalue weighted by atomic mass is 9.86. The lowest BCUT2D eigenvalue weighted by molar-refractivity contribution is -0.143. The minimum Gasteiger partial charge on any atom is -0.481 e. The average Bonchev–Trinajstić information content (AvgIpc) is 2.38. The van der Waals surface area contributed by atoms with Gasteiger partial charge in [0.25, 0.3) is 6.43 Å². The third-order valence-corrected chi connectivity index (χ3v) is 3.37. The summed E-state index contributed by atoms with van der Waals surface area (Å²) in [4.78, 5) is 23.6. The van der Waals surface area contributed by atoms with E-state index in [9.17, 15) is 18.4 Å². The second kappa shape index (κ2) is 7.98. The molecule has 8 heteroatoms. The summed E-state index contributed by atoms with van der Waals surface area (Å²) in [6.07, 6.45) is -0.485. The maximum absolute atomic E-state index is 12.3. The third-order valence-electron chi connectivity index (χ3n) is 3.37. The molecule has 2 unspecified atom stereocenters. The lowest BCUT2D eigenvalue weighted by Gasteiger charge is -2.30. The lowest BCUT2D eigenvalue weighted by Crippen LogP contribution is -2.49. The zero-order valence-electron chi connectivity index (χ0n) is 11.1. The van der Waals surface area contributed by atoms with Crippen LogP contribution in [0.3, 0.4) is 0 Å². The van der Waals surface area contributed by atoms with Crippen LogP contribution in [0.2, 0.25) is 0 Å². The highest BCUT2D eigenvalue weighted by atomic mass is 19.3. The number of carbonyl (C=O) groups is 2. The normalized spacial score (nSPS) is 22.6. The molecule has 1 saturated carbocycles. The maximum Gasteiger partial charge on any atom is 0.317 e. The quantitative estimate of drug-likeness (QED) is 0.679. The first-order valence-corrected chi connectivity index (χ1v) is 6.61. The minimum atomic E-state index is -2.68. The summed E-state index contributed by atoms with van der Waals surface area (Å²) < 4.78 is 24.7. The smallest absolute Gasteiger partial charge is 0.317 e. The van der Waals surface area contributed by atoms with Gasteiger partial charge in [0, 0.05) is 12.6 Å². The van der Waals surface area contributed by atoms with Crippen LogP contribution >= 0.6 is 0 Å². The molecule has 2 atom stereocenters. The predicted octanol–water partition coefficient (Wildman–Crippen LogP) is 0.899. The fourth-order valence-electron chi connectivity index (χ4n) is 2.37. The molecule has 116 valence electrons. The van der Waals surface area contributed by atoms with E-state index in [1.807, 2.05) is 0 Å². The van der Waals surface area contributed by atoms with E-state index < -0.39 is 37.5 Å². The van der Waals surface area contributed by atoms with Gasteiger partial charge in [-0.05, 0) is 19.3 Å². The molecular formula is C12H20F2N2O4. The Balaban J connectivity index is 2.51. The third kappa shape index (κ3) is 5.28. The van der Waals surface area contributed by atoms with Gasteiger partial charge in [-0.2, -0.15) is 0 Å². The van der Waals surface area contributed by atoms with E-state index in [0.29, 0.717) is 25.7 Å². The number of alkyl halides is 2. The first-order chi connectivity index (χ1) is 9.43. The van der Waals surface area contributed by atoms with Gasteiger partial charge in [0.2, 0.25) is 0 Å². The second-order valence-corrected chi connectivity index (χ2v) is 4.91. The minimum absolute atomic E-state index is 0.175. The molecule has 0 heterocycles. The predicted molar refractivity (Wildman–Crippen MR) is 66.6 cm³/mol. The number of rotatable bonds is 6. The van der Waals surface area contributed by atoms with Gasteiger partial charge in [-0.3, -0.25) is 4.79 Å². The molecule has 20 heavy (non-hydrogen) atoms. The van der Waals surface area contributed by atoms with Crippen molar-refractivity contribution in [1.29, 1.82) is 0 Å². The Morgan fingerprint density at radius 1 is 1.35 bits per heavy atom. The Hall–Kier alpha value is -1.44. The molecule has 0 bridgehead atoms. The Morgan fingerprint density at radius 2 is 2.05 bits per heavy atom. The molecular weight excluding hydrogens is 274 g/mol. The molecule has 0 radical (unpaired) electrons. The highest BCUT2D eigenvalue weighted by Gasteiger charge is 2.29. The maximum atomic E-state index is 12.3. The molecule has 0 aromatic rings. The van der Waals surface area contributed by atoms with E-state index in [2.05, 4.69) is 5.32 Å². The number of aliphatic carboxylic acids is 1. The van der Waals surface area contributed by atoms with Gasteiger partial charge in [0.1, 0.15) is 0 Å². The van der Waals surface area contributed by atoms with Crippen LogP contribution in [-0.2, 0) is 4.79 Å². The van der Waals surface area contributed by atoms with Crippen molar-refractivity contribution in [2.24, 2.45) is 5.92 Å². The van der Waals surface area contributed by atoms with Gasteiger partial charge in [0.15, 0.2) is 0 Å². The molecule has 1 fully saturated rings. The van der Waals surface area contributed by atoms with Crippen molar-refractivity contribution >= 4 is 12.0 Å². The molecule has 1 aliphatic rings. The van der Waals surface area contributed by atoms with Crippen molar-refractivity contribution in [1.82, 2.24) is 10.2 Å². The standard InChI is InChI=1S/C12H20F2N2O4/c13-10(14)7-16(4-5-17)12(20)15-9-3-1-2-8(6-9)11(18)19/h8-10,17H,1-7H2,(H,15,20)(H,18,19). The molecule has 1 rings (SSSR count). The van der Waals surface area contributed by atoms with Crippen molar-refractivity contribution in [3.63, 3.8) is 0 Å². The number of carboxylic acids is 1. The summed E-state index contributed by atoms with van der Waals surface area (Å²) in [6, 6.07) is -1.01. The average molecular weight is 294 g/mol. The summed E-state index contributed by atoms with van der Waals surface area (Å²) in [5.41, 5.74) is 0. The van der Waals surface area contributed by atoms with E-state index in [-0.39, 0.29) is 12.6 Å². The molecule has 0 spiro atoms. The Bertz CT molecular complexity index is 341. The van der Waals surface area contributed by atoms with Crippen LogP contribution in [0.15, 0.2) is 0 Å². The summed E-state index contributed by atoms with van der Waals surface area (Å²) in [6.45, 7) is -1.32. The van der Waals surface area contributed by atoms with Crippen LogP contribution in [-0.4, -0.2) is 59.3 Å². The molecule has 2 amide bonds. The van der Waals surface area contributed by atoms with E-state index in [0.717, 1.165) is 4.90 Å². The molecule has 0 aliphatic heterocycles. The van der Waals surface area contributed by atoms with Gasteiger partial charge >= 0.3 is 12.0 Å². The Kier molecular flexibility index (Phi) is 6.63. The van der Waals surface area contributed by atoms with Crippen LogP contribution in [0.5, 0.6) is 0 Å². The summed E-state index contributed by atoms with van der Waals surface area (Å²) in [5, 5.41) is 20.3. The first-order valence-electron chi connectivity index (χ1n) is 6.61. The fourth-order valence-corrected chi connectivity index (χ4v) is 2.37. The van der Waals surface area contributed by atoms with Crippen LogP contribution in [0, 0.1) is 5.92 Å². The van der Waals surface area contributed by atoms with Crippen molar-refractivity contribution in [2.75, 3.05) is 19.7 Å². The van der Waals surface area contributed by atoms with Gasteiger partial charge in [-0.15, -0.1) is 0 Å². The number of hydrogen-bond donors (Lipinski definition) is 3. The number of urea groups is 1. The topological polar surface area (TPSA) is 89.9 Å². The molecule has 1 aliphatic carbocycles. The van der Waals surface area contributed by atoms with Gasteiger partial charge < -0.3 is 20.4 Å². The number of carboxylic acid groups (broad SMARTS) is 1. The van der Waals surface area contributed by atoms with Crippen molar-refractivity contribution in [3.8, 4) is 0 Å². The van der Waals surface area contributed by atoms with E-state index in [1.54, 1.807) is 0 Å². The van der Waals surface area contributed by atoms with E-state index in [4.69, 9.17) is 10.2 Å². The largest absolute Gasteiger partial charge is 0.481 e. The van der Waals surface area contributed by atoms with Crippen molar-refractivity contribution < 1.29 is 28.6 Å². The van der Waals surface area contributed by atoms with Crippen LogP contribution in [0.4, 0.5) is 13.6 Å². The number of nitrogens with one attached hydrogen (secondary N) is 1. The molecule has 0 aromatic heterocycles. The van der Waals surface area contributed by atoms with E-state index >= 15 is 0 Å². The zero-order chi connectivity index (χ0) is 15.1. The highest BCUT2D eigenvalue weighted by Crippen LogP contribution is 2.24. The number of amides is 2. The van der Waals surface area contributed by atoms with Crippen LogP contribution < -0.4 is 5.32 Å². The summed E-state index contributed by atoms with van der Waals surface area (Å²) in [5.74, 6) is -1.40. The van der Waals surface area contributed by atoms with Gasteiger partial charge in [-0.25, -0.2) is 13.6 Å². The molecule has 0 saturated heterocycles. The first kappa shape index (κ1) is 16.6. The Labute approximate surface area is 115 Å². The number of halogens is 2. The van der Waals surface area contributed by atoms with Crippen LogP contribution in [0.25, 0.3) is 0 Å². The Morgan fingerprint density at radius 3 is 2.60 bits per heavy atom. The highest BCUT2D eigenvalue weighted by molar-refractivity contribution is 5.75. The fraction of sp³-hybridized carbons (Fsp3) is 0.833. The molecule has 0 aromatic carbocycles. The SMILES string of the molecule is O=C(O)C1CCCC(NC(=O)N(CCO)CC(F)F)C1. The number of nitrogens with zero attached hydrogens (tertiary/aromatic N) is 1. The monoisotopic (exact) mass is 294 g/mol. The molecule has 6 nitrogen and oxygen atoms in total. The van der Waals surface area contributed by atoms with Gasteiger partial charge in [-0.1, -0.05) is 6.42 Å². The van der Waals surface area contributed by atoms with E-state index in [1.165, 1.54) is 0 Å². The molecule has 3 N–H and O–H groups in total. The number of aliphatic hydroxyl groups is 1. The number of carbonyl (C=O) groups excluding carboxylic acids is 1. The number of hydrogen-bond acceptors (Lipinski definition) is 3. The van der Waals surface area contributed by atoms with Crippen molar-refractivity contribution in [2.45, 2.75) is 38.2 Å². The van der Waals surface area contributed by atoms with Crippen molar-refractivity contribution in [3.05, 3.63) is 0 Å². The second-order valence-electron chi connectivity index (χ2n) is 4.91. The zero-order valence-corrected chi connectivity index (χ0v) is 11.1.